The third-order valence-corrected chi connectivity index (χ3v) is 3.58. The fourth-order valence-electron chi connectivity index (χ4n) is 2.67. The van der Waals surface area contributed by atoms with Gasteiger partial charge in [0.05, 0.1) is 6.54 Å². The minimum atomic E-state index is -0.941. The zero-order valence-electron chi connectivity index (χ0n) is 10.6. The molecule has 1 aliphatic heterocycles. The molecule has 0 bridgehead atoms. The molecule has 2 aromatic rings. The van der Waals surface area contributed by atoms with Gasteiger partial charge in [0.2, 0.25) is 5.95 Å². The summed E-state index contributed by atoms with van der Waals surface area (Å²) < 4.78 is 1.55. The van der Waals surface area contributed by atoms with E-state index in [4.69, 9.17) is 5.73 Å². The van der Waals surface area contributed by atoms with E-state index in [1.165, 1.54) is 0 Å². The van der Waals surface area contributed by atoms with Crippen LogP contribution in [0.25, 0.3) is 0 Å². The van der Waals surface area contributed by atoms with E-state index in [9.17, 15) is 15.0 Å². The number of phenolic OH excluding ortho intramolecular Hbond substituents is 1. The number of carbonyl (C=O) groups is 1. The van der Waals surface area contributed by atoms with E-state index in [2.05, 4.69) is 10.1 Å². The van der Waals surface area contributed by atoms with Gasteiger partial charge in [0, 0.05) is 5.92 Å². The molecule has 7 nitrogen and oxygen atoms in total. The average Bonchev–Trinajstić information content (AvgIpc) is 2.77. The Morgan fingerprint density at radius 2 is 2.25 bits per heavy atom. The summed E-state index contributed by atoms with van der Waals surface area (Å²) in [5.41, 5.74) is 6.44. The largest absolute Gasteiger partial charge is 0.508 e. The number of nitrogen functional groups attached to an aromatic ring is 1. The van der Waals surface area contributed by atoms with Crippen molar-refractivity contribution in [1.29, 1.82) is 0 Å². The molecule has 1 aliphatic rings. The van der Waals surface area contributed by atoms with Crippen LogP contribution in [-0.2, 0) is 11.3 Å². The molecule has 0 radical (unpaired) electrons. The Hall–Kier alpha value is -2.57. The Labute approximate surface area is 114 Å². The number of aromatic nitrogens is 3. The Morgan fingerprint density at radius 1 is 1.45 bits per heavy atom. The van der Waals surface area contributed by atoms with Gasteiger partial charge in [-0.1, -0.05) is 12.1 Å². The molecule has 1 aromatic heterocycles. The average molecular weight is 274 g/mol. The summed E-state index contributed by atoms with van der Waals surface area (Å²) in [4.78, 5) is 15.4. The highest BCUT2D eigenvalue weighted by Crippen LogP contribution is 2.36. The first-order chi connectivity index (χ1) is 9.54. The predicted octanol–water partition coefficient (Wildman–Crippen LogP) is 0.922. The highest BCUT2D eigenvalue weighted by atomic mass is 16.4. The van der Waals surface area contributed by atoms with Crippen molar-refractivity contribution in [2.75, 3.05) is 5.73 Å². The van der Waals surface area contributed by atoms with Gasteiger partial charge in [0.25, 0.3) is 0 Å². The minimum absolute atomic E-state index is 0.0446. The van der Waals surface area contributed by atoms with Crippen LogP contribution in [0.4, 0.5) is 5.95 Å². The van der Waals surface area contributed by atoms with Crippen LogP contribution < -0.4 is 5.73 Å². The van der Waals surface area contributed by atoms with Crippen LogP contribution in [0, 0.1) is 0 Å². The lowest BCUT2D eigenvalue weighted by molar-refractivity contribution is -0.139. The van der Waals surface area contributed by atoms with Crippen molar-refractivity contribution in [2.24, 2.45) is 0 Å². The van der Waals surface area contributed by atoms with Crippen LogP contribution in [0.1, 0.15) is 29.6 Å². The molecule has 2 heterocycles. The van der Waals surface area contributed by atoms with E-state index in [1.807, 2.05) is 6.07 Å². The Balaban J connectivity index is 1.99. The second-order valence-corrected chi connectivity index (χ2v) is 4.93. The van der Waals surface area contributed by atoms with Gasteiger partial charge in [0.15, 0.2) is 0 Å². The molecular formula is C13H14N4O3. The van der Waals surface area contributed by atoms with Gasteiger partial charge in [-0.15, -0.1) is 5.10 Å². The van der Waals surface area contributed by atoms with E-state index < -0.39 is 11.9 Å². The number of benzene rings is 1. The molecule has 0 fully saturated rings. The highest BCUT2D eigenvalue weighted by Gasteiger charge is 2.35. The zero-order valence-corrected chi connectivity index (χ0v) is 10.6. The zero-order chi connectivity index (χ0) is 14.3. The van der Waals surface area contributed by atoms with E-state index >= 15 is 0 Å². The summed E-state index contributed by atoms with van der Waals surface area (Å²) >= 11 is 0. The van der Waals surface area contributed by atoms with Crippen LogP contribution in [-0.4, -0.2) is 30.9 Å². The van der Waals surface area contributed by atoms with Crippen molar-refractivity contribution in [3.8, 4) is 5.75 Å². The van der Waals surface area contributed by atoms with Crippen LogP contribution in [0.3, 0.4) is 0 Å². The topological polar surface area (TPSA) is 114 Å². The maximum atomic E-state index is 11.4. The number of carboxylic acid groups (broad SMARTS) is 1. The van der Waals surface area contributed by atoms with Gasteiger partial charge in [-0.05, 0) is 24.1 Å². The number of phenols is 1. The SMILES string of the molecule is Nc1nc2n(n1)CC(c1cccc(O)c1)CC2C(=O)O. The number of carboxylic acids is 1. The number of aliphatic carboxylic acids is 1. The number of nitrogens with zero attached hydrogens (tertiary/aromatic N) is 3. The fourth-order valence-corrected chi connectivity index (χ4v) is 2.67. The first kappa shape index (κ1) is 12.5. The molecular weight excluding hydrogens is 260 g/mol. The van der Waals surface area contributed by atoms with Crippen molar-refractivity contribution >= 4 is 11.9 Å². The monoisotopic (exact) mass is 274 g/mol. The van der Waals surface area contributed by atoms with Gasteiger partial charge in [0.1, 0.15) is 17.5 Å². The highest BCUT2D eigenvalue weighted by molar-refractivity contribution is 5.75. The Bertz CT molecular complexity index is 667. The van der Waals surface area contributed by atoms with Gasteiger partial charge in [-0.25, -0.2) is 4.68 Å². The summed E-state index contributed by atoms with van der Waals surface area (Å²) in [6.45, 7) is 0.507. The van der Waals surface area contributed by atoms with Crippen molar-refractivity contribution < 1.29 is 15.0 Å². The Kier molecular flexibility index (Phi) is 2.81. The molecule has 104 valence electrons. The fraction of sp³-hybridized carbons (Fsp3) is 0.308. The van der Waals surface area contributed by atoms with Gasteiger partial charge in [-0.2, -0.15) is 4.98 Å². The smallest absolute Gasteiger partial charge is 0.314 e. The van der Waals surface area contributed by atoms with Gasteiger partial charge >= 0.3 is 5.97 Å². The summed E-state index contributed by atoms with van der Waals surface area (Å²) in [6.07, 6.45) is 0.414. The summed E-state index contributed by atoms with van der Waals surface area (Å²) in [6, 6.07) is 6.84. The summed E-state index contributed by atoms with van der Waals surface area (Å²) in [5, 5.41) is 22.9. The Morgan fingerprint density at radius 3 is 2.95 bits per heavy atom. The third kappa shape index (κ3) is 2.07. The number of hydrogen-bond acceptors (Lipinski definition) is 5. The van der Waals surface area contributed by atoms with Crippen molar-refractivity contribution in [1.82, 2.24) is 14.8 Å². The first-order valence-electron chi connectivity index (χ1n) is 6.26. The van der Waals surface area contributed by atoms with Crippen LogP contribution >= 0.6 is 0 Å². The number of nitrogens with two attached hydrogens (primary N) is 1. The lowest BCUT2D eigenvalue weighted by atomic mass is 9.85. The third-order valence-electron chi connectivity index (χ3n) is 3.58. The lowest BCUT2D eigenvalue weighted by Crippen LogP contribution is -2.28. The van der Waals surface area contributed by atoms with Crippen LogP contribution in [0.5, 0.6) is 5.75 Å². The molecule has 1 aromatic carbocycles. The number of hydrogen-bond donors (Lipinski definition) is 3. The van der Waals surface area contributed by atoms with Crippen LogP contribution in [0.15, 0.2) is 24.3 Å². The molecule has 3 rings (SSSR count). The number of rotatable bonds is 2. The quantitative estimate of drug-likeness (QED) is 0.750. The maximum Gasteiger partial charge on any atom is 0.314 e. The second kappa shape index (κ2) is 4.52. The summed E-state index contributed by atoms with van der Waals surface area (Å²) in [5.74, 6) is -1.08. The number of aromatic hydroxyl groups is 1. The minimum Gasteiger partial charge on any atom is -0.508 e. The van der Waals surface area contributed by atoms with E-state index in [0.717, 1.165) is 5.56 Å². The molecule has 0 saturated heterocycles. The van der Waals surface area contributed by atoms with Gasteiger partial charge in [-0.3, -0.25) is 4.79 Å². The standard InChI is InChI=1S/C13H14N4O3/c14-13-15-11-10(12(19)20)5-8(6-17(11)16-13)7-2-1-3-9(18)4-7/h1-4,8,10,18H,5-6H2,(H2,14,16)(H,19,20). The van der Waals surface area contributed by atoms with Crippen molar-refractivity contribution in [3.05, 3.63) is 35.7 Å². The normalized spacial score (nSPS) is 21.4. The molecule has 4 N–H and O–H groups in total. The first-order valence-corrected chi connectivity index (χ1v) is 6.26. The predicted molar refractivity (Wildman–Crippen MR) is 70.3 cm³/mol. The molecule has 20 heavy (non-hydrogen) atoms. The maximum absolute atomic E-state index is 11.4. The van der Waals surface area contributed by atoms with E-state index in [-0.39, 0.29) is 17.6 Å². The summed E-state index contributed by atoms with van der Waals surface area (Å²) in [7, 11) is 0. The number of fused-ring (bicyclic) bond motifs is 1. The van der Waals surface area contributed by atoms with Gasteiger partial charge < -0.3 is 15.9 Å². The van der Waals surface area contributed by atoms with E-state index in [0.29, 0.717) is 18.8 Å². The number of anilines is 1. The molecule has 0 amide bonds. The molecule has 7 heteroatoms. The second-order valence-electron chi connectivity index (χ2n) is 4.93. The molecule has 2 atom stereocenters. The van der Waals surface area contributed by atoms with E-state index in [1.54, 1.807) is 22.9 Å². The van der Waals surface area contributed by atoms with Crippen molar-refractivity contribution in [2.45, 2.75) is 24.8 Å². The van der Waals surface area contributed by atoms with Crippen molar-refractivity contribution in [3.63, 3.8) is 0 Å². The molecule has 0 spiro atoms. The molecule has 2 unspecified atom stereocenters. The van der Waals surface area contributed by atoms with Crippen LogP contribution in [0.2, 0.25) is 0 Å². The molecule has 0 saturated carbocycles. The lowest BCUT2D eigenvalue weighted by Gasteiger charge is -2.27. The molecule has 0 aliphatic carbocycles.